The molecule has 0 atom stereocenters. The number of nitrogens with one attached hydrogen (secondary N) is 2. The van der Waals surface area contributed by atoms with Crippen LogP contribution >= 0.6 is 0 Å². The molecule has 0 saturated carbocycles. The first-order valence-electron chi connectivity index (χ1n) is 31.6. The van der Waals surface area contributed by atoms with Gasteiger partial charge in [-0.15, -0.1) is 0 Å². The third-order valence-electron chi connectivity index (χ3n) is 17.6. The second-order valence-electron chi connectivity index (χ2n) is 22.7. The third kappa shape index (κ3) is 13.3. The predicted octanol–water partition coefficient (Wildman–Crippen LogP) is 12.4. The van der Waals surface area contributed by atoms with Crippen molar-refractivity contribution in [1.29, 1.82) is 0 Å². The second kappa shape index (κ2) is 31.0. The van der Waals surface area contributed by atoms with Crippen LogP contribution in [0, 0.1) is 0 Å². The van der Waals surface area contributed by atoms with Gasteiger partial charge in [0.05, 0.1) is 99.5 Å². The Morgan fingerprint density at radius 3 is 0.524 bits per heavy atom. The largest absolute Gasteiger partial charge is 0.493 e. The van der Waals surface area contributed by atoms with Gasteiger partial charge in [-0.1, -0.05) is 31.7 Å². The number of rotatable bonds is 20. The van der Waals surface area contributed by atoms with Crippen molar-refractivity contribution in [3.63, 3.8) is 0 Å². The van der Waals surface area contributed by atoms with Crippen LogP contribution in [0.25, 0.3) is 122 Å². The summed E-state index contributed by atoms with van der Waals surface area (Å²) in [6.07, 6.45) is 0. The van der Waals surface area contributed by atoms with Crippen LogP contribution in [0.5, 0.6) is 80.5 Å². The molecular formula is C75H78B2N8O18. The van der Waals surface area contributed by atoms with Crippen LogP contribution in [0.2, 0.25) is 0 Å². The summed E-state index contributed by atoms with van der Waals surface area (Å²) >= 11 is 0. The molecule has 103 heavy (non-hydrogen) atoms. The number of H-pyrrole nitrogens is 2. The van der Waals surface area contributed by atoms with Crippen molar-refractivity contribution in [1.82, 2.24) is 39.9 Å². The number of aromatic nitrogens is 8. The molecule has 0 amide bonds. The van der Waals surface area contributed by atoms with E-state index in [4.69, 9.17) is 115 Å². The minimum Gasteiger partial charge on any atom is -0.493 e. The maximum absolute atomic E-state index is 5.71. The molecule has 2 aliphatic rings. The molecule has 2 N–H and O–H groups in total. The van der Waals surface area contributed by atoms with Gasteiger partial charge in [-0.25, -0.2) is 29.9 Å². The topological polar surface area (TPSA) is 275 Å². The van der Waals surface area contributed by atoms with E-state index in [2.05, 4.69) is 9.97 Å². The molecule has 2 aliphatic heterocycles. The second-order valence-corrected chi connectivity index (χ2v) is 22.7. The van der Waals surface area contributed by atoms with E-state index in [0.29, 0.717) is 170 Å². The molecule has 0 unspecified atom stereocenters. The number of nitrogens with zero attached hydrogens (tertiary/aromatic N) is 6. The smallest absolute Gasteiger partial charge is 0.493 e. The number of aromatic amines is 2. The Morgan fingerprint density at radius 1 is 0.214 bits per heavy atom. The first-order chi connectivity index (χ1) is 49.7. The zero-order valence-corrected chi connectivity index (χ0v) is 59.6. The molecule has 0 spiro atoms. The lowest BCUT2D eigenvalue weighted by Crippen LogP contribution is -2.39. The van der Waals surface area contributed by atoms with E-state index < -0.39 is 0 Å². The molecule has 8 bridgehead atoms. The molecular weight excluding hydrogens is 1320 g/mol. The van der Waals surface area contributed by atoms with E-state index in [1.165, 1.54) is 0 Å². The van der Waals surface area contributed by atoms with Gasteiger partial charge in [0.25, 0.3) is 0 Å². The highest BCUT2D eigenvalue weighted by molar-refractivity contribution is 6.63. The molecule has 9 aromatic carbocycles. The molecule has 532 valence electrons. The number of benzene rings is 9. The quantitative estimate of drug-likeness (QED) is 0.0530. The Hall–Kier alpha value is -11.7. The van der Waals surface area contributed by atoms with Gasteiger partial charge >= 0.3 is 14.2 Å². The summed E-state index contributed by atoms with van der Waals surface area (Å²) in [6, 6.07) is 34.3. The molecule has 0 fully saturated rings. The van der Waals surface area contributed by atoms with Crippen LogP contribution in [0.15, 0.2) is 109 Å². The maximum atomic E-state index is 5.71. The van der Waals surface area contributed by atoms with Crippen molar-refractivity contribution in [3.05, 3.63) is 109 Å². The Kier molecular flexibility index (Phi) is 21.9. The van der Waals surface area contributed by atoms with Crippen molar-refractivity contribution < 1.29 is 84.9 Å². The van der Waals surface area contributed by atoms with Crippen LogP contribution < -0.4 is 77.2 Å². The van der Waals surface area contributed by atoms with Crippen LogP contribution in [-0.4, -0.2) is 182 Å². The van der Waals surface area contributed by atoms with Crippen molar-refractivity contribution >= 4 is 102 Å². The lowest BCUT2D eigenvalue weighted by molar-refractivity contribution is 0.291. The zero-order chi connectivity index (χ0) is 72.2. The van der Waals surface area contributed by atoms with Crippen molar-refractivity contribution in [3.8, 4) is 126 Å². The van der Waals surface area contributed by atoms with E-state index in [-0.39, 0.29) is 21.7 Å². The van der Waals surface area contributed by atoms with Gasteiger partial charge in [0.2, 0.25) is 0 Å². The Balaban J connectivity index is 0.000000188. The van der Waals surface area contributed by atoms with E-state index >= 15 is 0 Å². The van der Waals surface area contributed by atoms with Crippen molar-refractivity contribution in [2.24, 2.45) is 0 Å². The summed E-state index contributed by atoms with van der Waals surface area (Å²) in [7, 11) is 28.1. The van der Waals surface area contributed by atoms with Gasteiger partial charge in [0, 0.05) is 72.2 Å². The summed E-state index contributed by atoms with van der Waals surface area (Å²) in [4.78, 5) is 37.3. The fourth-order valence-corrected chi connectivity index (χ4v) is 12.6. The first-order valence-corrected chi connectivity index (χ1v) is 31.6. The van der Waals surface area contributed by atoms with Gasteiger partial charge in [0.1, 0.15) is 22.6 Å². The number of hydrogen-bond acceptors (Lipinski definition) is 24. The normalized spacial score (nSPS) is 11.1. The fraction of sp³-hybridized carbons (Fsp3) is 0.253. The van der Waals surface area contributed by atoms with Gasteiger partial charge in [0.15, 0.2) is 104 Å². The number of ether oxygens (including phenoxy) is 14. The maximum Gasteiger partial charge on any atom is 0.493 e. The number of hydrogen-bond donors (Lipinski definition) is 2. The number of methoxy groups -OCH3 is 14. The molecule has 26 nitrogen and oxygen atoms in total. The minimum atomic E-state index is -0.336. The SMILES string of the molecule is C.COB(OC)c1ccc(B(OC)OC)cc1.COc1cc2c(cc1OC)-c1nc-2nc2[nH]c(nc3nc(nc4[nH]c(n1)c1cc(OC)c(OC)cc41)-c1cc(OC)c(OC)cc1-3)c1cc(OC)c(OC)cc21.COc1cc2c3cc(OC)c(OC)cc3c3cc(OC)c(OC)cc3c2cc1OC. The minimum absolute atomic E-state index is 0. The highest BCUT2D eigenvalue weighted by Crippen LogP contribution is 2.49. The van der Waals surface area contributed by atoms with Crippen molar-refractivity contribution in [2.45, 2.75) is 7.43 Å². The standard InChI is InChI=1S/C40H34N8O8.C24H24O6.C10H16B2O4.CH4/c1-49-25-9-17-18(10-26(25)50-2)34-41-33(17)45-35-19-11-27(51-3)28(52-4)12-20(19)37(42-35)47-39-23-15-31(55-7)32(56-8)16-24(23)40(44-39)48-38-22-14-30(54-6)29(53-5)13-21(22)36(43-38)46-34;1-25-19-7-13-14(8-20(19)26-2)16-10-22(28-4)24(30-6)12-18(16)17-11-23(29-5)21(27-3)9-15(13)17;1-13-11(14-2)9-5-7-10(8-6-9)12(15-3)16-4;/h9-16H,1-8H3,(H2,41,42,43,44,45,46,47,48);7-12H,1-6H3;5-8H,1-4H3;1H4. The van der Waals surface area contributed by atoms with Crippen LogP contribution in [-0.2, 0) is 18.6 Å². The van der Waals surface area contributed by atoms with Crippen LogP contribution in [0.4, 0.5) is 0 Å². The Morgan fingerprint density at radius 2 is 0.369 bits per heavy atom. The monoisotopic (exact) mass is 1400 g/mol. The highest BCUT2D eigenvalue weighted by Gasteiger charge is 2.29. The fourth-order valence-electron chi connectivity index (χ4n) is 12.6. The lowest BCUT2D eigenvalue weighted by atomic mass is 9.74. The lowest BCUT2D eigenvalue weighted by Gasteiger charge is -2.18. The molecule has 14 rings (SSSR count). The molecule has 0 saturated heterocycles. The number of fused-ring (bicyclic) bond motifs is 26. The molecule has 0 radical (unpaired) electrons. The molecule has 12 aromatic rings. The third-order valence-corrected chi connectivity index (χ3v) is 17.6. The molecule has 28 heteroatoms. The van der Waals surface area contributed by atoms with E-state index in [0.717, 1.165) is 43.2 Å². The predicted molar refractivity (Wildman–Crippen MR) is 399 cm³/mol. The first kappa shape index (κ1) is 72.5. The Labute approximate surface area is 594 Å². The Bertz CT molecular complexity index is 4660. The molecule has 3 aromatic heterocycles. The van der Waals surface area contributed by atoms with Crippen molar-refractivity contribution in [2.75, 3.05) is 128 Å². The van der Waals surface area contributed by atoms with Gasteiger partial charge in [-0.3, -0.25) is 0 Å². The summed E-state index contributed by atoms with van der Waals surface area (Å²) in [5, 5.41) is 8.80. The van der Waals surface area contributed by atoms with Gasteiger partial charge in [-0.2, -0.15) is 0 Å². The van der Waals surface area contributed by atoms with E-state index in [9.17, 15) is 0 Å². The van der Waals surface area contributed by atoms with E-state index in [1.54, 1.807) is 128 Å². The zero-order valence-electron chi connectivity index (χ0n) is 59.6. The van der Waals surface area contributed by atoms with Gasteiger partial charge < -0.3 is 94.9 Å². The average Bonchev–Trinajstić information content (AvgIpc) is 1.46. The highest BCUT2D eigenvalue weighted by atomic mass is 16.6. The molecule has 0 aliphatic carbocycles. The van der Waals surface area contributed by atoms with Crippen LogP contribution in [0.1, 0.15) is 7.43 Å². The van der Waals surface area contributed by atoms with Crippen LogP contribution in [0.3, 0.4) is 0 Å². The summed E-state index contributed by atoms with van der Waals surface area (Å²) in [6.45, 7) is 0. The summed E-state index contributed by atoms with van der Waals surface area (Å²) in [5.41, 5.74) is 6.41. The summed E-state index contributed by atoms with van der Waals surface area (Å²) < 4.78 is 99.6. The average molecular weight is 1400 g/mol. The van der Waals surface area contributed by atoms with Gasteiger partial charge in [-0.05, 0) is 128 Å². The molecule has 5 heterocycles. The summed E-state index contributed by atoms with van der Waals surface area (Å²) in [5.74, 6) is 9.42. The van der Waals surface area contributed by atoms with E-state index in [1.807, 2.05) is 109 Å².